The van der Waals surface area contributed by atoms with Crippen molar-refractivity contribution in [2.24, 2.45) is 23.2 Å². The van der Waals surface area contributed by atoms with E-state index in [1.165, 1.54) is 31.8 Å². The van der Waals surface area contributed by atoms with Gasteiger partial charge < -0.3 is 4.74 Å². The van der Waals surface area contributed by atoms with Gasteiger partial charge in [0.15, 0.2) is 0 Å². The zero-order valence-corrected chi connectivity index (χ0v) is 13.0. The van der Waals surface area contributed by atoms with Gasteiger partial charge in [0.25, 0.3) is 0 Å². The van der Waals surface area contributed by atoms with E-state index in [2.05, 4.69) is 33.8 Å². The Bertz CT molecular complexity index is 381. The minimum Gasteiger partial charge on any atom is -0.462 e. The van der Waals surface area contributed by atoms with Gasteiger partial charge in [-0.1, -0.05) is 32.4 Å². The third kappa shape index (κ3) is 3.04. The zero-order chi connectivity index (χ0) is 14.2. The molecule has 0 aromatic heterocycles. The smallest absolute Gasteiger partial charge is 0.302 e. The summed E-state index contributed by atoms with van der Waals surface area (Å²) in [5.41, 5.74) is 1.91. The van der Waals surface area contributed by atoms with Crippen molar-refractivity contribution >= 4 is 5.97 Å². The van der Waals surface area contributed by atoms with E-state index in [0.717, 1.165) is 18.3 Å². The molecule has 2 aliphatic carbocycles. The summed E-state index contributed by atoms with van der Waals surface area (Å²) in [5, 5.41) is 0. The van der Waals surface area contributed by atoms with Crippen molar-refractivity contribution in [1.82, 2.24) is 0 Å². The van der Waals surface area contributed by atoms with Gasteiger partial charge in [0, 0.05) is 13.3 Å². The van der Waals surface area contributed by atoms with E-state index in [9.17, 15) is 4.79 Å². The molecule has 19 heavy (non-hydrogen) atoms. The van der Waals surface area contributed by atoms with Crippen LogP contribution in [0, 0.1) is 23.2 Å². The molecule has 108 valence electrons. The molecular weight excluding hydrogens is 236 g/mol. The third-order valence-electron chi connectivity index (χ3n) is 5.41. The molecule has 0 N–H and O–H groups in total. The van der Waals surface area contributed by atoms with Gasteiger partial charge in [0.1, 0.15) is 6.10 Å². The quantitative estimate of drug-likeness (QED) is 0.520. The highest BCUT2D eigenvalue weighted by Crippen LogP contribution is 2.57. The summed E-state index contributed by atoms with van der Waals surface area (Å²) >= 11 is 0. The summed E-state index contributed by atoms with van der Waals surface area (Å²) in [6.45, 7) is 10.8. The van der Waals surface area contributed by atoms with Crippen LogP contribution in [-0.2, 0) is 9.53 Å². The van der Waals surface area contributed by atoms with Crippen molar-refractivity contribution < 1.29 is 9.53 Å². The van der Waals surface area contributed by atoms with Crippen molar-refractivity contribution in [3.63, 3.8) is 0 Å². The number of hydrogen-bond donors (Lipinski definition) is 0. The number of esters is 1. The number of fused-ring (bicyclic) bond motifs is 1. The normalized spacial score (nSPS) is 40.6. The van der Waals surface area contributed by atoms with Gasteiger partial charge in [0.2, 0.25) is 0 Å². The number of carbonyl (C=O) groups is 1. The summed E-state index contributed by atoms with van der Waals surface area (Å²) in [4.78, 5) is 11.3. The van der Waals surface area contributed by atoms with Crippen molar-refractivity contribution in [2.45, 2.75) is 66.4 Å². The average molecular weight is 264 g/mol. The van der Waals surface area contributed by atoms with Crippen molar-refractivity contribution in [3.05, 3.63) is 11.6 Å². The summed E-state index contributed by atoms with van der Waals surface area (Å²) < 4.78 is 5.58. The fourth-order valence-electron chi connectivity index (χ4n) is 4.14. The molecule has 0 saturated heterocycles. The highest BCUT2D eigenvalue weighted by atomic mass is 16.5. The predicted molar refractivity (Wildman–Crippen MR) is 77.7 cm³/mol. The molecule has 1 saturated carbocycles. The maximum atomic E-state index is 11.3. The summed E-state index contributed by atoms with van der Waals surface area (Å²) in [5.74, 6) is 1.84. The molecule has 2 heteroatoms. The molecule has 2 rings (SSSR count). The van der Waals surface area contributed by atoms with Crippen LogP contribution in [-0.4, -0.2) is 12.1 Å². The van der Waals surface area contributed by atoms with Crippen molar-refractivity contribution in [3.8, 4) is 0 Å². The van der Waals surface area contributed by atoms with E-state index < -0.39 is 0 Å². The first-order valence-corrected chi connectivity index (χ1v) is 7.64. The van der Waals surface area contributed by atoms with Gasteiger partial charge in [-0.3, -0.25) is 4.79 Å². The predicted octanol–water partition coefficient (Wildman–Crippen LogP) is 4.35. The first-order chi connectivity index (χ1) is 8.81. The van der Waals surface area contributed by atoms with Crippen LogP contribution < -0.4 is 0 Å². The van der Waals surface area contributed by atoms with E-state index >= 15 is 0 Å². The Labute approximate surface area is 117 Å². The molecule has 0 aromatic carbocycles. The SMILES string of the molecule is CC(=O)OC1C/C=C(/C)CCC2C(CC2(C)C)C1C. The molecule has 1 fully saturated rings. The first-order valence-electron chi connectivity index (χ1n) is 7.64. The molecule has 0 aliphatic heterocycles. The second-order valence-electron chi connectivity index (χ2n) is 7.29. The Balaban J connectivity index is 2.18. The molecule has 0 amide bonds. The van der Waals surface area contributed by atoms with Gasteiger partial charge in [0.05, 0.1) is 0 Å². The van der Waals surface area contributed by atoms with Gasteiger partial charge in [-0.15, -0.1) is 0 Å². The van der Waals surface area contributed by atoms with Crippen LogP contribution in [0.4, 0.5) is 0 Å². The fourth-order valence-corrected chi connectivity index (χ4v) is 4.14. The van der Waals surface area contributed by atoms with E-state index in [0.29, 0.717) is 11.3 Å². The maximum Gasteiger partial charge on any atom is 0.302 e. The molecule has 4 atom stereocenters. The number of hydrogen-bond acceptors (Lipinski definition) is 2. The Morgan fingerprint density at radius 1 is 1.42 bits per heavy atom. The molecule has 0 aromatic rings. The molecule has 0 heterocycles. The standard InChI is InChI=1S/C17H28O2/c1-11-6-8-15-14(10-17(15,4)5)12(2)16(9-7-11)19-13(3)18/h7,12,14-16H,6,8-10H2,1-5H3/b11-7-. The van der Waals surface area contributed by atoms with Crippen LogP contribution in [0.25, 0.3) is 0 Å². The minimum absolute atomic E-state index is 0.0640. The van der Waals surface area contributed by atoms with E-state index in [4.69, 9.17) is 4.74 Å². The Morgan fingerprint density at radius 3 is 2.68 bits per heavy atom. The van der Waals surface area contributed by atoms with Gasteiger partial charge in [-0.05, 0) is 49.4 Å². The maximum absolute atomic E-state index is 11.3. The molecule has 2 aliphatic rings. The second kappa shape index (κ2) is 5.30. The molecule has 4 unspecified atom stereocenters. The van der Waals surface area contributed by atoms with E-state index in [1.54, 1.807) is 0 Å². The van der Waals surface area contributed by atoms with E-state index in [-0.39, 0.29) is 12.1 Å². The van der Waals surface area contributed by atoms with Crippen LogP contribution in [0.3, 0.4) is 0 Å². The van der Waals surface area contributed by atoms with E-state index in [1.807, 2.05) is 0 Å². The largest absolute Gasteiger partial charge is 0.462 e. The molecule has 0 bridgehead atoms. The lowest BCUT2D eigenvalue weighted by atomic mass is 9.50. The summed E-state index contributed by atoms with van der Waals surface area (Å²) in [6, 6.07) is 0. The molecule has 2 nitrogen and oxygen atoms in total. The summed E-state index contributed by atoms with van der Waals surface area (Å²) in [7, 11) is 0. The van der Waals surface area contributed by atoms with Crippen molar-refractivity contribution in [1.29, 1.82) is 0 Å². The summed E-state index contributed by atoms with van der Waals surface area (Å²) in [6.07, 6.45) is 6.99. The third-order valence-corrected chi connectivity index (χ3v) is 5.41. The van der Waals surface area contributed by atoms with Crippen LogP contribution in [0.15, 0.2) is 11.6 Å². The first kappa shape index (κ1) is 14.6. The molecule has 0 spiro atoms. The number of rotatable bonds is 1. The van der Waals surface area contributed by atoms with Gasteiger partial charge in [-0.25, -0.2) is 0 Å². The van der Waals surface area contributed by atoms with Crippen LogP contribution in [0.2, 0.25) is 0 Å². The zero-order valence-electron chi connectivity index (χ0n) is 13.0. The van der Waals surface area contributed by atoms with Gasteiger partial charge >= 0.3 is 5.97 Å². The monoisotopic (exact) mass is 264 g/mol. The van der Waals surface area contributed by atoms with Crippen molar-refractivity contribution in [2.75, 3.05) is 0 Å². The highest BCUT2D eigenvalue weighted by Gasteiger charge is 2.50. The molecular formula is C17H28O2. The molecule has 0 radical (unpaired) electrons. The van der Waals surface area contributed by atoms with Gasteiger partial charge in [-0.2, -0.15) is 0 Å². The number of carbonyl (C=O) groups excluding carboxylic acids is 1. The number of ether oxygens (including phenoxy) is 1. The Hall–Kier alpha value is -0.790. The average Bonchev–Trinajstić information content (AvgIpc) is 2.33. The Kier molecular flexibility index (Phi) is 4.08. The highest BCUT2D eigenvalue weighted by molar-refractivity contribution is 5.66. The van der Waals surface area contributed by atoms with Crippen LogP contribution >= 0.6 is 0 Å². The lowest BCUT2D eigenvalue weighted by Gasteiger charge is -2.55. The number of allylic oxidation sites excluding steroid dienone is 1. The fraction of sp³-hybridized carbons (Fsp3) is 0.824. The second-order valence-corrected chi connectivity index (χ2v) is 7.29. The van der Waals surface area contributed by atoms with Crippen LogP contribution in [0.1, 0.15) is 60.3 Å². The Morgan fingerprint density at radius 2 is 2.11 bits per heavy atom. The topological polar surface area (TPSA) is 26.3 Å². The van der Waals surface area contributed by atoms with Crippen LogP contribution in [0.5, 0.6) is 0 Å². The minimum atomic E-state index is -0.141. The lowest BCUT2D eigenvalue weighted by molar-refractivity contribution is -0.154. The lowest BCUT2D eigenvalue weighted by Crippen LogP contribution is -2.49.